The topological polar surface area (TPSA) is 60.0 Å². The lowest BCUT2D eigenvalue weighted by Gasteiger charge is -2.44. The fraction of sp³-hybridized carbons (Fsp3) is 0.480. The largest absolute Gasteiger partial charge is 0.493 e. The fourth-order valence-corrected chi connectivity index (χ4v) is 5.05. The Labute approximate surface area is 183 Å². The molecule has 0 spiro atoms. The van der Waals surface area contributed by atoms with Crippen LogP contribution in [0.1, 0.15) is 37.8 Å². The Kier molecular flexibility index (Phi) is 5.72. The van der Waals surface area contributed by atoms with Crippen molar-refractivity contribution in [2.75, 3.05) is 32.8 Å². The van der Waals surface area contributed by atoms with Gasteiger partial charge in [0.05, 0.1) is 19.3 Å². The molecule has 31 heavy (non-hydrogen) atoms. The number of ether oxygens (including phenoxy) is 3. The molecule has 3 fully saturated rings. The van der Waals surface area contributed by atoms with E-state index in [1.807, 2.05) is 37.3 Å². The lowest BCUT2D eigenvalue weighted by atomic mass is 9.86. The maximum Gasteiger partial charge on any atom is 0.407 e. The normalized spacial score (nSPS) is 26.5. The minimum atomic E-state index is -0.317. The van der Waals surface area contributed by atoms with Crippen molar-refractivity contribution in [3.05, 3.63) is 48.0 Å². The van der Waals surface area contributed by atoms with Crippen LogP contribution in [0, 0.1) is 5.92 Å². The Balaban J connectivity index is 1.30. The molecule has 1 amide bonds. The molecule has 1 unspecified atom stereocenters. The summed E-state index contributed by atoms with van der Waals surface area (Å²) in [6.45, 7) is 6.30. The van der Waals surface area contributed by atoms with Crippen LogP contribution in [-0.4, -0.2) is 49.9 Å². The standard InChI is InChI=1S/C25H30N2O4/c1-2-29-22-6-4-3-5-19(22)18-7-8-20-21(11-14-30-23(20)15-18)26-25(28)31-24-16-27-12-9-17(24)10-13-27/h3-8,15,17,21,24H,2,9-14,16H2,1H3,(H,26,28)/t21?,24-/m0/s1. The second-order valence-electron chi connectivity index (χ2n) is 8.60. The third-order valence-electron chi connectivity index (χ3n) is 6.70. The summed E-state index contributed by atoms with van der Waals surface area (Å²) >= 11 is 0. The van der Waals surface area contributed by atoms with E-state index >= 15 is 0 Å². The van der Waals surface area contributed by atoms with Gasteiger partial charge < -0.3 is 19.5 Å². The van der Waals surface area contributed by atoms with Crippen LogP contribution in [0.4, 0.5) is 4.79 Å². The number of piperidine rings is 3. The van der Waals surface area contributed by atoms with E-state index in [1.165, 1.54) is 0 Å². The highest BCUT2D eigenvalue weighted by molar-refractivity contribution is 5.73. The molecule has 4 heterocycles. The van der Waals surface area contributed by atoms with E-state index in [2.05, 4.69) is 22.3 Å². The number of amides is 1. The van der Waals surface area contributed by atoms with Crippen molar-refractivity contribution in [2.45, 2.75) is 38.3 Å². The van der Waals surface area contributed by atoms with E-state index in [0.29, 0.717) is 19.1 Å². The van der Waals surface area contributed by atoms with Crippen LogP contribution < -0.4 is 14.8 Å². The number of benzene rings is 2. The highest BCUT2D eigenvalue weighted by atomic mass is 16.6. The van der Waals surface area contributed by atoms with Gasteiger partial charge in [0.15, 0.2) is 0 Å². The van der Waals surface area contributed by atoms with E-state index in [0.717, 1.165) is 67.1 Å². The molecule has 0 aliphatic carbocycles. The van der Waals surface area contributed by atoms with Gasteiger partial charge >= 0.3 is 6.09 Å². The number of carbonyl (C=O) groups excluding carboxylic acids is 1. The zero-order valence-corrected chi connectivity index (χ0v) is 18.0. The number of hydrogen-bond acceptors (Lipinski definition) is 5. The molecule has 2 bridgehead atoms. The first-order valence-electron chi connectivity index (χ1n) is 11.4. The lowest BCUT2D eigenvalue weighted by molar-refractivity contribution is -0.0342. The molecule has 164 valence electrons. The van der Waals surface area contributed by atoms with Crippen molar-refractivity contribution in [1.29, 1.82) is 0 Å². The molecular weight excluding hydrogens is 392 g/mol. The van der Waals surface area contributed by atoms with Gasteiger partial charge in [-0.15, -0.1) is 0 Å². The molecule has 3 saturated heterocycles. The van der Waals surface area contributed by atoms with Crippen LogP contribution in [0.25, 0.3) is 11.1 Å². The fourth-order valence-electron chi connectivity index (χ4n) is 5.05. The number of alkyl carbamates (subject to hydrolysis) is 1. The van der Waals surface area contributed by atoms with Crippen molar-refractivity contribution in [1.82, 2.24) is 10.2 Å². The second-order valence-corrected chi connectivity index (χ2v) is 8.60. The quantitative estimate of drug-likeness (QED) is 0.774. The van der Waals surface area contributed by atoms with Gasteiger partial charge in [-0.05, 0) is 56.5 Å². The summed E-state index contributed by atoms with van der Waals surface area (Å²) in [6, 6.07) is 14.1. The zero-order chi connectivity index (χ0) is 21.2. The third-order valence-corrected chi connectivity index (χ3v) is 6.70. The van der Waals surface area contributed by atoms with Crippen molar-refractivity contribution in [2.24, 2.45) is 5.92 Å². The van der Waals surface area contributed by atoms with Crippen molar-refractivity contribution in [3.8, 4) is 22.6 Å². The van der Waals surface area contributed by atoms with Gasteiger partial charge in [-0.3, -0.25) is 4.90 Å². The minimum Gasteiger partial charge on any atom is -0.493 e. The molecule has 0 radical (unpaired) electrons. The Morgan fingerprint density at radius 2 is 2.00 bits per heavy atom. The van der Waals surface area contributed by atoms with Crippen LogP contribution in [-0.2, 0) is 4.74 Å². The monoisotopic (exact) mass is 422 g/mol. The number of hydrogen-bond donors (Lipinski definition) is 1. The number of nitrogens with zero attached hydrogens (tertiary/aromatic N) is 1. The molecule has 6 rings (SSSR count). The first kappa shape index (κ1) is 20.2. The lowest BCUT2D eigenvalue weighted by Crippen LogP contribution is -2.52. The average molecular weight is 423 g/mol. The Morgan fingerprint density at radius 3 is 2.77 bits per heavy atom. The van der Waals surface area contributed by atoms with E-state index in [1.54, 1.807) is 0 Å². The Morgan fingerprint density at radius 1 is 1.16 bits per heavy atom. The highest BCUT2D eigenvalue weighted by Crippen LogP contribution is 2.38. The van der Waals surface area contributed by atoms with E-state index < -0.39 is 0 Å². The molecule has 6 nitrogen and oxygen atoms in total. The van der Waals surface area contributed by atoms with Gasteiger partial charge in [-0.1, -0.05) is 30.3 Å². The highest BCUT2D eigenvalue weighted by Gasteiger charge is 2.37. The van der Waals surface area contributed by atoms with E-state index in [-0.39, 0.29) is 18.2 Å². The number of rotatable bonds is 5. The molecule has 6 heteroatoms. The number of para-hydroxylation sites is 1. The van der Waals surface area contributed by atoms with Crippen LogP contribution >= 0.6 is 0 Å². The number of fused-ring (bicyclic) bond motifs is 4. The molecule has 0 aromatic heterocycles. The van der Waals surface area contributed by atoms with Crippen LogP contribution in [0.5, 0.6) is 11.5 Å². The molecule has 0 saturated carbocycles. The number of nitrogens with one attached hydrogen (secondary N) is 1. The van der Waals surface area contributed by atoms with Gasteiger partial charge in [0.25, 0.3) is 0 Å². The predicted octanol–water partition coefficient (Wildman–Crippen LogP) is 4.40. The van der Waals surface area contributed by atoms with Crippen LogP contribution in [0.2, 0.25) is 0 Å². The molecule has 4 aliphatic heterocycles. The smallest absolute Gasteiger partial charge is 0.407 e. The summed E-state index contributed by atoms with van der Waals surface area (Å²) in [7, 11) is 0. The van der Waals surface area contributed by atoms with Crippen molar-refractivity contribution >= 4 is 6.09 Å². The minimum absolute atomic E-state index is 0.0132. The Hall–Kier alpha value is -2.73. The van der Waals surface area contributed by atoms with Crippen molar-refractivity contribution < 1.29 is 19.0 Å². The average Bonchev–Trinajstić information content (AvgIpc) is 2.80. The zero-order valence-electron chi connectivity index (χ0n) is 18.0. The summed E-state index contributed by atoms with van der Waals surface area (Å²) in [4.78, 5) is 15.1. The van der Waals surface area contributed by atoms with E-state index in [9.17, 15) is 4.79 Å². The summed E-state index contributed by atoms with van der Waals surface area (Å²) in [5.74, 6) is 2.17. The van der Waals surface area contributed by atoms with Gasteiger partial charge in [0.2, 0.25) is 0 Å². The first-order chi connectivity index (χ1) is 15.2. The molecule has 2 atom stereocenters. The maximum atomic E-state index is 12.7. The van der Waals surface area contributed by atoms with Crippen LogP contribution in [0.15, 0.2) is 42.5 Å². The third kappa shape index (κ3) is 4.22. The second kappa shape index (κ2) is 8.79. The first-order valence-corrected chi connectivity index (χ1v) is 11.4. The summed E-state index contributed by atoms with van der Waals surface area (Å²) < 4.78 is 17.6. The number of carbonyl (C=O) groups is 1. The molecule has 4 aliphatic rings. The summed E-state index contributed by atoms with van der Waals surface area (Å²) in [5.41, 5.74) is 3.07. The van der Waals surface area contributed by atoms with E-state index in [4.69, 9.17) is 14.2 Å². The SMILES string of the molecule is CCOc1ccccc1-c1ccc2c(c1)OCCC2NC(=O)O[C@H]1CN2CCC1CC2. The molecule has 2 aromatic carbocycles. The van der Waals surface area contributed by atoms with Crippen LogP contribution in [0.3, 0.4) is 0 Å². The maximum absolute atomic E-state index is 12.7. The van der Waals surface area contributed by atoms with Gasteiger partial charge in [-0.25, -0.2) is 4.79 Å². The predicted molar refractivity (Wildman–Crippen MR) is 118 cm³/mol. The van der Waals surface area contributed by atoms with Gasteiger partial charge in [-0.2, -0.15) is 0 Å². The van der Waals surface area contributed by atoms with Gasteiger partial charge in [0.1, 0.15) is 17.6 Å². The van der Waals surface area contributed by atoms with Crippen molar-refractivity contribution in [3.63, 3.8) is 0 Å². The summed E-state index contributed by atoms with van der Waals surface area (Å²) in [6.07, 6.45) is 2.69. The van der Waals surface area contributed by atoms with Gasteiger partial charge in [0, 0.05) is 24.1 Å². The summed E-state index contributed by atoms with van der Waals surface area (Å²) in [5, 5.41) is 3.09. The molecular formula is C25H30N2O4. The Bertz CT molecular complexity index is 939. The molecule has 1 N–H and O–H groups in total. The molecule has 2 aromatic rings.